The lowest BCUT2D eigenvalue weighted by Gasteiger charge is -2.14. The van der Waals surface area contributed by atoms with E-state index in [4.69, 9.17) is 0 Å². The van der Waals surface area contributed by atoms with Crippen molar-refractivity contribution in [3.63, 3.8) is 0 Å². The molecule has 0 fully saturated rings. The maximum absolute atomic E-state index is 11.9. The maximum atomic E-state index is 11.9. The van der Waals surface area contributed by atoms with E-state index in [9.17, 15) is 18.5 Å². The Kier molecular flexibility index (Phi) is 5.40. The van der Waals surface area contributed by atoms with Gasteiger partial charge >= 0.3 is 0 Å². The molecule has 0 unspecified atom stereocenters. The van der Waals surface area contributed by atoms with E-state index in [1.165, 1.54) is 24.3 Å². The van der Waals surface area contributed by atoms with Gasteiger partial charge in [0.15, 0.2) is 0 Å². The van der Waals surface area contributed by atoms with Crippen LogP contribution in [-0.2, 0) is 10.0 Å². The van der Waals surface area contributed by atoms with Gasteiger partial charge in [-0.25, -0.2) is 13.1 Å². The van der Waals surface area contributed by atoms with Crippen molar-refractivity contribution in [1.29, 1.82) is 0 Å². The number of hydrogen-bond donors (Lipinski definition) is 1. The van der Waals surface area contributed by atoms with E-state index in [0.29, 0.717) is 13.1 Å². The third-order valence-electron chi connectivity index (χ3n) is 2.68. The summed E-state index contributed by atoms with van der Waals surface area (Å²) in [6, 6.07) is 4.80. The third-order valence-corrected chi connectivity index (χ3v) is 4.16. The third kappa shape index (κ3) is 4.58. The summed E-state index contributed by atoms with van der Waals surface area (Å²) in [6.45, 7) is 3.70. The van der Waals surface area contributed by atoms with Gasteiger partial charge in [0, 0.05) is 25.2 Å². The Morgan fingerprint density at radius 3 is 2.37 bits per heavy atom. The van der Waals surface area contributed by atoms with Crippen LogP contribution >= 0.6 is 0 Å². The Bertz CT molecular complexity index is 527. The van der Waals surface area contributed by atoms with Gasteiger partial charge < -0.3 is 4.90 Å². The molecular formula is C11H17N3O4S. The van der Waals surface area contributed by atoms with Crippen LogP contribution in [0.15, 0.2) is 29.2 Å². The summed E-state index contributed by atoms with van der Waals surface area (Å²) < 4.78 is 26.2. The lowest BCUT2D eigenvalue weighted by atomic mass is 10.3. The molecule has 0 aromatic heterocycles. The van der Waals surface area contributed by atoms with Crippen molar-refractivity contribution in [1.82, 2.24) is 9.62 Å². The molecular weight excluding hydrogens is 270 g/mol. The standard InChI is InChI=1S/C11H17N3O4S/c1-3-13(2)9-8-12-19(17,18)11-6-4-10(5-7-11)14(15)16/h4-7,12H,3,8-9H2,1-2H3. The second-order valence-corrected chi connectivity index (χ2v) is 5.81. The van der Waals surface area contributed by atoms with Crippen LogP contribution in [0.2, 0.25) is 0 Å². The molecule has 7 nitrogen and oxygen atoms in total. The van der Waals surface area contributed by atoms with Crippen molar-refractivity contribution < 1.29 is 13.3 Å². The van der Waals surface area contributed by atoms with Gasteiger partial charge in [0.2, 0.25) is 10.0 Å². The number of nitrogens with zero attached hydrogens (tertiary/aromatic N) is 2. The molecule has 0 radical (unpaired) electrons. The predicted octanol–water partition coefficient (Wildman–Crippen LogP) is 0.825. The van der Waals surface area contributed by atoms with E-state index < -0.39 is 14.9 Å². The van der Waals surface area contributed by atoms with Crippen LogP contribution in [0.1, 0.15) is 6.92 Å². The van der Waals surface area contributed by atoms with Crippen LogP contribution in [0.3, 0.4) is 0 Å². The zero-order valence-electron chi connectivity index (χ0n) is 10.9. The SMILES string of the molecule is CCN(C)CCNS(=O)(=O)c1ccc([N+](=O)[O-])cc1. The Balaban J connectivity index is 2.69. The number of non-ortho nitro benzene ring substituents is 1. The van der Waals surface area contributed by atoms with Gasteiger partial charge in [0.25, 0.3) is 5.69 Å². The molecule has 0 aliphatic carbocycles. The van der Waals surface area contributed by atoms with Crippen LogP contribution in [0.5, 0.6) is 0 Å². The number of hydrogen-bond acceptors (Lipinski definition) is 5. The molecule has 19 heavy (non-hydrogen) atoms. The van der Waals surface area contributed by atoms with Gasteiger partial charge in [-0.2, -0.15) is 0 Å². The van der Waals surface area contributed by atoms with Gasteiger partial charge in [0.1, 0.15) is 0 Å². The van der Waals surface area contributed by atoms with Crippen molar-refractivity contribution >= 4 is 15.7 Å². The van der Waals surface area contributed by atoms with Crippen molar-refractivity contribution in [2.45, 2.75) is 11.8 Å². The fourth-order valence-corrected chi connectivity index (χ4v) is 2.38. The van der Waals surface area contributed by atoms with Crippen molar-refractivity contribution in [2.75, 3.05) is 26.7 Å². The van der Waals surface area contributed by atoms with Gasteiger partial charge in [-0.3, -0.25) is 10.1 Å². The van der Waals surface area contributed by atoms with E-state index in [0.717, 1.165) is 6.54 Å². The summed E-state index contributed by atoms with van der Waals surface area (Å²) in [7, 11) is -1.72. The fourth-order valence-electron chi connectivity index (χ4n) is 1.36. The Morgan fingerprint density at radius 1 is 1.32 bits per heavy atom. The lowest BCUT2D eigenvalue weighted by Crippen LogP contribution is -2.32. The first-order valence-corrected chi connectivity index (χ1v) is 7.28. The molecule has 1 aromatic carbocycles. The van der Waals surface area contributed by atoms with Crippen LogP contribution in [0.4, 0.5) is 5.69 Å². The molecule has 0 aliphatic rings. The first kappa shape index (κ1) is 15.5. The lowest BCUT2D eigenvalue weighted by molar-refractivity contribution is -0.384. The number of nitro groups is 1. The van der Waals surface area contributed by atoms with E-state index in [2.05, 4.69) is 4.72 Å². The number of nitrogens with one attached hydrogen (secondary N) is 1. The Labute approximate surface area is 112 Å². The summed E-state index contributed by atoms with van der Waals surface area (Å²) in [5.74, 6) is 0. The van der Waals surface area contributed by atoms with Crippen LogP contribution in [0, 0.1) is 10.1 Å². The Hall–Kier alpha value is -1.51. The highest BCUT2D eigenvalue weighted by Gasteiger charge is 2.15. The van der Waals surface area contributed by atoms with Gasteiger partial charge in [-0.05, 0) is 25.7 Å². The van der Waals surface area contributed by atoms with E-state index >= 15 is 0 Å². The van der Waals surface area contributed by atoms with E-state index in [-0.39, 0.29) is 10.6 Å². The Morgan fingerprint density at radius 2 is 1.89 bits per heavy atom. The zero-order valence-corrected chi connectivity index (χ0v) is 11.7. The molecule has 0 aliphatic heterocycles. The molecule has 106 valence electrons. The maximum Gasteiger partial charge on any atom is 0.269 e. The minimum Gasteiger partial charge on any atom is -0.305 e. The zero-order chi connectivity index (χ0) is 14.5. The first-order chi connectivity index (χ1) is 8.86. The molecule has 0 saturated heterocycles. The van der Waals surface area contributed by atoms with Crippen LogP contribution in [-0.4, -0.2) is 44.9 Å². The minimum atomic E-state index is -3.61. The molecule has 0 atom stereocenters. The smallest absolute Gasteiger partial charge is 0.269 e. The normalized spacial score (nSPS) is 11.7. The highest BCUT2D eigenvalue weighted by molar-refractivity contribution is 7.89. The molecule has 0 amide bonds. The molecule has 0 bridgehead atoms. The second-order valence-electron chi connectivity index (χ2n) is 4.04. The second kappa shape index (κ2) is 6.60. The highest BCUT2D eigenvalue weighted by Crippen LogP contribution is 2.15. The predicted molar refractivity (Wildman–Crippen MR) is 71.5 cm³/mol. The first-order valence-electron chi connectivity index (χ1n) is 5.79. The molecule has 1 N–H and O–H groups in total. The molecule has 0 saturated carbocycles. The number of sulfonamides is 1. The van der Waals surface area contributed by atoms with Crippen LogP contribution in [0.25, 0.3) is 0 Å². The van der Waals surface area contributed by atoms with Crippen molar-refractivity contribution in [3.8, 4) is 0 Å². The average Bonchev–Trinajstić information content (AvgIpc) is 2.38. The molecule has 0 heterocycles. The largest absolute Gasteiger partial charge is 0.305 e. The summed E-state index contributed by atoms with van der Waals surface area (Å²) in [6.07, 6.45) is 0. The molecule has 1 rings (SSSR count). The molecule has 8 heteroatoms. The molecule has 1 aromatic rings. The topological polar surface area (TPSA) is 92.6 Å². The fraction of sp³-hybridized carbons (Fsp3) is 0.455. The highest BCUT2D eigenvalue weighted by atomic mass is 32.2. The summed E-state index contributed by atoms with van der Waals surface area (Å²) in [5, 5.41) is 10.5. The molecule has 0 spiro atoms. The van der Waals surface area contributed by atoms with Gasteiger partial charge in [-0.1, -0.05) is 6.92 Å². The van der Waals surface area contributed by atoms with Gasteiger partial charge in [0.05, 0.1) is 9.82 Å². The summed E-state index contributed by atoms with van der Waals surface area (Å²) >= 11 is 0. The average molecular weight is 287 g/mol. The minimum absolute atomic E-state index is 0.0252. The number of likely N-dealkylation sites (N-methyl/N-ethyl adjacent to an activating group) is 1. The summed E-state index contributed by atoms with van der Waals surface area (Å²) in [4.78, 5) is 11.9. The van der Waals surface area contributed by atoms with E-state index in [1.54, 1.807) is 0 Å². The monoisotopic (exact) mass is 287 g/mol. The van der Waals surface area contributed by atoms with E-state index in [1.807, 2.05) is 18.9 Å². The number of rotatable bonds is 7. The van der Waals surface area contributed by atoms with Gasteiger partial charge in [-0.15, -0.1) is 0 Å². The quantitative estimate of drug-likeness (QED) is 0.592. The van der Waals surface area contributed by atoms with Crippen LogP contribution < -0.4 is 4.72 Å². The number of nitro benzene ring substituents is 1. The van der Waals surface area contributed by atoms with Crippen molar-refractivity contribution in [3.05, 3.63) is 34.4 Å². The van der Waals surface area contributed by atoms with Crippen molar-refractivity contribution in [2.24, 2.45) is 0 Å². The summed E-state index contributed by atoms with van der Waals surface area (Å²) in [5.41, 5.74) is -0.135. The number of benzene rings is 1.